The monoisotopic (exact) mass is 374 g/mol. The lowest BCUT2D eigenvalue weighted by Crippen LogP contribution is -2.28. The summed E-state index contributed by atoms with van der Waals surface area (Å²) in [5, 5.41) is 10.2. The minimum atomic E-state index is -0.196. The van der Waals surface area contributed by atoms with Gasteiger partial charge in [-0.3, -0.25) is 14.9 Å². The third-order valence-corrected chi connectivity index (χ3v) is 4.86. The SMILES string of the molecule is CC[C@H](NC(=O)c1cc(Cn2c(C)nc3ccccc32)[nH]n1)c1ccncc1. The second-order valence-electron chi connectivity index (χ2n) is 6.73. The molecule has 0 saturated carbocycles. The summed E-state index contributed by atoms with van der Waals surface area (Å²) in [6, 6.07) is 13.6. The molecule has 3 heterocycles. The highest BCUT2D eigenvalue weighted by molar-refractivity contribution is 5.92. The molecular weight excluding hydrogens is 352 g/mol. The Labute approximate surface area is 162 Å². The van der Waals surface area contributed by atoms with Gasteiger partial charge in [-0.05, 0) is 49.2 Å². The van der Waals surface area contributed by atoms with Gasteiger partial charge in [-0.15, -0.1) is 0 Å². The number of imidazole rings is 1. The first-order valence-corrected chi connectivity index (χ1v) is 9.32. The van der Waals surface area contributed by atoms with Gasteiger partial charge in [-0.2, -0.15) is 5.10 Å². The van der Waals surface area contributed by atoms with Crippen LogP contribution in [0.5, 0.6) is 0 Å². The number of aryl methyl sites for hydroxylation is 1. The van der Waals surface area contributed by atoms with Crippen LogP contribution < -0.4 is 5.32 Å². The molecule has 1 aromatic carbocycles. The first-order chi connectivity index (χ1) is 13.7. The van der Waals surface area contributed by atoms with E-state index in [1.165, 1.54) is 0 Å². The molecule has 0 aliphatic carbocycles. The smallest absolute Gasteiger partial charge is 0.272 e. The van der Waals surface area contributed by atoms with Crippen LogP contribution >= 0.6 is 0 Å². The molecule has 0 aliphatic rings. The van der Waals surface area contributed by atoms with Crippen molar-refractivity contribution in [1.29, 1.82) is 0 Å². The summed E-state index contributed by atoms with van der Waals surface area (Å²) >= 11 is 0. The van der Waals surface area contributed by atoms with Gasteiger partial charge < -0.3 is 9.88 Å². The van der Waals surface area contributed by atoms with Crippen molar-refractivity contribution in [2.75, 3.05) is 0 Å². The Kier molecular flexibility index (Phi) is 4.89. The van der Waals surface area contributed by atoms with Gasteiger partial charge in [0.2, 0.25) is 0 Å². The van der Waals surface area contributed by atoms with E-state index in [-0.39, 0.29) is 11.9 Å². The number of fused-ring (bicyclic) bond motifs is 1. The Bertz CT molecular complexity index is 1100. The van der Waals surface area contributed by atoms with Crippen molar-refractivity contribution >= 4 is 16.9 Å². The van der Waals surface area contributed by atoms with Gasteiger partial charge >= 0.3 is 0 Å². The molecule has 0 aliphatic heterocycles. The number of hydrogen-bond acceptors (Lipinski definition) is 4. The van der Waals surface area contributed by atoms with Crippen LogP contribution in [0.4, 0.5) is 0 Å². The van der Waals surface area contributed by atoms with E-state index in [2.05, 4.69) is 30.0 Å². The number of para-hydroxylation sites is 2. The molecule has 7 nitrogen and oxygen atoms in total. The first-order valence-electron chi connectivity index (χ1n) is 9.32. The van der Waals surface area contributed by atoms with E-state index in [0.717, 1.165) is 34.5 Å². The number of hydrogen-bond donors (Lipinski definition) is 2. The minimum Gasteiger partial charge on any atom is -0.344 e. The zero-order valence-electron chi connectivity index (χ0n) is 15.9. The maximum Gasteiger partial charge on any atom is 0.272 e. The van der Waals surface area contributed by atoms with Crippen LogP contribution in [-0.4, -0.2) is 30.6 Å². The highest BCUT2D eigenvalue weighted by atomic mass is 16.2. The largest absolute Gasteiger partial charge is 0.344 e. The number of H-pyrrole nitrogens is 1. The van der Waals surface area contributed by atoms with Gasteiger partial charge in [0.25, 0.3) is 5.91 Å². The highest BCUT2D eigenvalue weighted by Gasteiger charge is 2.17. The lowest BCUT2D eigenvalue weighted by molar-refractivity contribution is 0.0930. The molecule has 0 saturated heterocycles. The number of rotatable bonds is 6. The Morgan fingerprint density at radius 1 is 1.21 bits per heavy atom. The summed E-state index contributed by atoms with van der Waals surface area (Å²) in [6.07, 6.45) is 4.25. The zero-order chi connectivity index (χ0) is 19.5. The van der Waals surface area contributed by atoms with Crippen LogP contribution in [0.1, 0.15) is 47.0 Å². The summed E-state index contributed by atoms with van der Waals surface area (Å²) in [6.45, 7) is 4.59. The summed E-state index contributed by atoms with van der Waals surface area (Å²) in [5.41, 5.74) is 4.28. The molecule has 2 N–H and O–H groups in total. The van der Waals surface area contributed by atoms with E-state index in [1.54, 1.807) is 18.5 Å². The molecule has 4 rings (SSSR count). The Balaban J connectivity index is 1.51. The summed E-state index contributed by atoms with van der Waals surface area (Å²) < 4.78 is 2.11. The van der Waals surface area contributed by atoms with Crippen molar-refractivity contribution in [3.8, 4) is 0 Å². The van der Waals surface area contributed by atoms with E-state index < -0.39 is 0 Å². The molecule has 0 fully saturated rings. The third-order valence-electron chi connectivity index (χ3n) is 4.86. The Hall–Kier alpha value is -3.48. The van der Waals surface area contributed by atoms with Gasteiger partial charge in [0.15, 0.2) is 0 Å². The van der Waals surface area contributed by atoms with Crippen LogP contribution in [0, 0.1) is 6.92 Å². The van der Waals surface area contributed by atoms with Crippen LogP contribution in [0.15, 0.2) is 54.9 Å². The van der Waals surface area contributed by atoms with Crippen molar-refractivity contribution in [3.05, 3.63) is 77.6 Å². The lowest BCUT2D eigenvalue weighted by Gasteiger charge is -2.16. The van der Waals surface area contributed by atoms with Gasteiger partial charge in [0.1, 0.15) is 11.5 Å². The van der Waals surface area contributed by atoms with Gasteiger partial charge in [0.05, 0.1) is 29.3 Å². The zero-order valence-corrected chi connectivity index (χ0v) is 15.9. The maximum absolute atomic E-state index is 12.7. The Morgan fingerprint density at radius 3 is 2.79 bits per heavy atom. The third kappa shape index (κ3) is 3.51. The summed E-state index contributed by atoms with van der Waals surface area (Å²) in [4.78, 5) is 21.3. The fourth-order valence-corrected chi connectivity index (χ4v) is 3.37. The van der Waals surface area contributed by atoms with Crippen LogP contribution in [0.2, 0.25) is 0 Å². The van der Waals surface area contributed by atoms with Crippen molar-refractivity contribution in [1.82, 2.24) is 30.0 Å². The topological polar surface area (TPSA) is 88.5 Å². The molecule has 1 amide bonds. The number of nitrogens with one attached hydrogen (secondary N) is 2. The van der Waals surface area contributed by atoms with E-state index in [0.29, 0.717) is 12.2 Å². The fourth-order valence-electron chi connectivity index (χ4n) is 3.37. The number of aromatic amines is 1. The predicted octanol–water partition coefficient (Wildman–Crippen LogP) is 3.39. The van der Waals surface area contributed by atoms with Crippen molar-refractivity contribution in [2.24, 2.45) is 0 Å². The second-order valence-corrected chi connectivity index (χ2v) is 6.73. The van der Waals surface area contributed by atoms with Crippen molar-refractivity contribution in [3.63, 3.8) is 0 Å². The van der Waals surface area contributed by atoms with Crippen molar-refractivity contribution in [2.45, 2.75) is 32.9 Å². The average molecular weight is 374 g/mol. The molecule has 0 unspecified atom stereocenters. The first kappa shape index (κ1) is 17.9. The number of carbonyl (C=O) groups is 1. The number of amides is 1. The molecule has 142 valence electrons. The molecule has 4 aromatic rings. The second kappa shape index (κ2) is 7.64. The lowest BCUT2D eigenvalue weighted by atomic mass is 10.1. The highest BCUT2D eigenvalue weighted by Crippen LogP contribution is 2.18. The van der Waals surface area contributed by atoms with Crippen LogP contribution in [-0.2, 0) is 6.54 Å². The number of pyridine rings is 1. The molecule has 7 heteroatoms. The maximum atomic E-state index is 12.7. The van der Waals surface area contributed by atoms with E-state index >= 15 is 0 Å². The molecule has 3 aromatic heterocycles. The Morgan fingerprint density at radius 2 is 2.00 bits per heavy atom. The van der Waals surface area contributed by atoms with Crippen LogP contribution in [0.25, 0.3) is 11.0 Å². The quantitative estimate of drug-likeness (QED) is 0.541. The van der Waals surface area contributed by atoms with Crippen LogP contribution in [0.3, 0.4) is 0 Å². The number of aromatic nitrogens is 5. The predicted molar refractivity (Wildman–Crippen MR) is 107 cm³/mol. The van der Waals surface area contributed by atoms with Gasteiger partial charge in [-0.1, -0.05) is 19.1 Å². The van der Waals surface area contributed by atoms with Crippen molar-refractivity contribution < 1.29 is 4.79 Å². The van der Waals surface area contributed by atoms with E-state index in [1.807, 2.05) is 50.2 Å². The fraction of sp³-hybridized carbons (Fsp3) is 0.238. The van der Waals surface area contributed by atoms with E-state index in [4.69, 9.17) is 0 Å². The molecular formula is C21H22N6O. The standard InChI is InChI=1S/C21H22N6O/c1-3-17(15-8-10-22-11-9-15)24-21(28)19-12-16(25-26-19)13-27-14(2)23-18-6-4-5-7-20(18)27/h4-12,17H,3,13H2,1-2H3,(H,24,28)(H,25,26)/t17-/m0/s1. The number of benzene rings is 1. The van der Waals surface area contributed by atoms with E-state index in [9.17, 15) is 4.79 Å². The van der Waals surface area contributed by atoms with Gasteiger partial charge in [-0.25, -0.2) is 4.98 Å². The number of nitrogens with zero attached hydrogens (tertiary/aromatic N) is 4. The molecule has 1 atom stereocenters. The summed E-state index contributed by atoms with van der Waals surface area (Å²) in [5.74, 6) is 0.726. The minimum absolute atomic E-state index is 0.0736. The average Bonchev–Trinajstić information content (AvgIpc) is 3.32. The summed E-state index contributed by atoms with van der Waals surface area (Å²) in [7, 11) is 0. The molecule has 0 radical (unpaired) electrons. The normalized spacial score (nSPS) is 12.2. The van der Waals surface area contributed by atoms with Gasteiger partial charge in [0, 0.05) is 12.4 Å². The molecule has 28 heavy (non-hydrogen) atoms. The molecule has 0 spiro atoms. The molecule has 0 bridgehead atoms. The number of carbonyl (C=O) groups excluding carboxylic acids is 1.